The third-order valence-corrected chi connectivity index (χ3v) is 4.64. The van der Waals surface area contributed by atoms with Gasteiger partial charge in [-0.15, -0.1) is 0 Å². The molecule has 1 saturated heterocycles. The largest absolute Gasteiger partial charge is 0.305 e. The molecule has 0 bridgehead atoms. The van der Waals surface area contributed by atoms with Crippen LogP contribution in [-0.2, 0) is 4.79 Å². The molecule has 2 aromatic rings. The first kappa shape index (κ1) is 17.3. The highest BCUT2D eigenvalue weighted by Crippen LogP contribution is 2.38. The van der Waals surface area contributed by atoms with Crippen molar-refractivity contribution in [2.24, 2.45) is 0 Å². The summed E-state index contributed by atoms with van der Waals surface area (Å²) in [6.45, 7) is 19.6. The Morgan fingerprint density at radius 2 is 1.08 bits per heavy atom. The zero-order valence-electron chi connectivity index (χ0n) is 15.8. The number of hydrogen-bond acceptors (Lipinski definition) is 2. The standard InChI is InChI=1S/C22H24N2O/c1-13-8-15(3)20(16(4)9-13)23-12-24(22(25)19(23)7)21-17(5)10-14(2)11-18(21)6/h8-11H,7H2,1-6H3. The smallest absolute Gasteiger partial charge is 0.276 e. The number of aryl methyl sites for hydroxylation is 6. The summed E-state index contributed by atoms with van der Waals surface area (Å²) in [6.07, 6.45) is 0. The first-order chi connectivity index (χ1) is 11.7. The maximum absolute atomic E-state index is 12.9. The van der Waals surface area contributed by atoms with Gasteiger partial charge in [-0.1, -0.05) is 42.0 Å². The number of rotatable bonds is 2. The lowest BCUT2D eigenvalue weighted by molar-refractivity contribution is -0.114. The van der Waals surface area contributed by atoms with Crippen LogP contribution in [0.25, 0.3) is 0 Å². The summed E-state index contributed by atoms with van der Waals surface area (Å²) in [6, 6.07) is 8.41. The highest BCUT2D eigenvalue weighted by molar-refractivity contribution is 6.13. The zero-order chi connectivity index (χ0) is 18.5. The van der Waals surface area contributed by atoms with E-state index < -0.39 is 0 Å². The molecule has 0 aliphatic carbocycles. The maximum atomic E-state index is 12.9. The minimum atomic E-state index is -0.130. The maximum Gasteiger partial charge on any atom is 0.276 e. The summed E-state index contributed by atoms with van der Waals surface area (Å²) in [5.74, 6) is -0.130. The SMILES string of the molecule is C=C1C(=O)N(c2c(C)cc(C)cc2C)[C]N1c1c(C)cc(C)cc1C. The van der Waals surface area contributed by atoms with Gasteiger partial charge in [0.25, 0.3) is 5.91 Å². The van der Waals surface area contributed by atoms with E-state index >= 15 is 0 Å². The molecule has 0 N–H and O–H groups in total. The van der Waals surface area contributed by atoms with Crippen LogP contribution in [-0.4, -0.2) is 5.91 Å². The van der Waals surface area contributed by atoms with Gasteiger partial charge in [0.2, 0.25) is 6.67 Å². The van der Waals surface area contributed by atoms with Crippen molar-refractivity contribution >= 4 is 17.3 Å². The first-order valence-electron chi connectivity index (χ1n) is 8.46. The van der Waals surface area contributed by atoms with Crippen LogP contribution in [0, 0.1) is 48.2 Å². The van der Waals surface area contributed by atoms with Gasteiger partial charge in [-0.25, -0.2) is 0 Å². The van der Waals surface area contributed by atoms with Crippen molar-refractivity contribution in [3.63, 3.8) is 0 Å². The van der Waals surface area contributed by atoms with Crippen LogP contribution in [0.1, 0.15) is 33.4 Å². The van der Waals surface area contributed by atoms with Crippen molar-refractivity contribution < 1.29 is 4.79 Å². The number of carbonyl (C=O) groups is 1. The molecule has 2 radical (unpaired) electrons. The Morgan fingerprint density at radius 1 is 0.720 bits per heavy atom. The van der Waals surface area contributed by atoms with Crippen molar-refractivity contribution in [2.45, 2.75) is 41.5 Å². The van der Waals surface area contributed by atoms with E-state index in [9.17, 15) is 4.79 Å². The molecule has 0 spiro atoms. The molecule has 1 heterocycles. The Labute approximate surface area is 150 Å². The van der Waals surface area contributed by atoms with Gasteiger partial charge in [0.15, 0.2) is 0 Å². The molecular weight excluding hydrogens is 308 g/mol. The molecule has 0 aromatic heterocycles. The van der Waals surface area contributed by atoms with Gasteiger partial charge in [-0.05, 0) is 63.8 Å². The average Bonchev–Trinajstić information content (AvgIpc) is 2.74. The van der Waals surface area contributed by atoms with E-state index in [2.05, 4.69) is 65.2 Å². The summed E-state index contributed by atoms with van der Waals surface area (Å²) < 4.78 is 0. The summed E-state index contributed by atoms with van der Waals surface area (Å²) in [5.41, 5.74) is 9.03. The Morgan fingerprint density at radius 3 is 1.48 bits per heavy atom. The molecule has 1 aliphatic rings. The number of benzene rings is 2. The highest BCUT2D eigenvalue weighted by atomic mass is 16.2. The van der Waals surface area contributed by atoms with Gasteiger partial charge in [-0.3, -0.25) is 9.69 Å². The van der Waals surface area contributed by atoms with Crippen LogP contribution >= 0.6 is 0 Å². The molecule has 3 rings (SSSR count). The normalized spacial score (nSPS) is 14.6. The van der Waals surface area contributed by atoms with Crippen molar-refractivity contribution in [2.75, 3.05) is 9.80 Å². The van der Waals surface area contributed by atoms with Gasteiger partial charge in [0.05, 0.1) is 5.69 Å². The fraction of sp³-hybridized carbons (Fsp3) is 0.273. The quantitative estimate of drug-likeness (QED) is 0.730. The topological polar surface area (TPSA) is 23.6 Å². The summed E-state index contributed by atoms with van der Waals surface area (Å²) in [4.78, 5) is 16.3. The molecule has 128 valence electrons. The van der Waals surface area contributed by atoms with E-state index in [0.29, 0.717) is 5.70 Å². The second kappa shape index (κ2) is 6.07. The molecule has 3 nitrogen and oxygen atoms in total. The third kappa shape index (κ3) is 2.84. The Hall–Kier alpha value is -2.55. The van der Waals surface area contributed by atoms with Crippen molar-refractivity contribution in [3.05, 3.63) is 76.6 Å². The number of carbonyl (C=O) groups excluding carboxylic acids is 1. The van der Waals surface area contributed by atoms with Crippen LogP contribution in [0.2, 0.25) is 0 Å². The van der Waals surface area contributed by atoms with E-state index in [1.165, 1.54) is 11.1 Å². The molecule has 3 heteroatoms. The first-order valence-corrected chi connectivity index (χ1v) is 8.46. The second-order valence-corrected chi connectivity index (χ2v) is 7.02. The lowest BCUT2D eigenvalue weighted by Gasteiger charge is -2.23. The fourth-order valence-electron chi connectivity index (χ4n) is 3.82. The monoisotopic (exact) mass is 332 g/mol. The molecule has 1 aliphatic heterocycles. The molecule has 0 unspecified atom stereocenters. The van der Waals surface area contributed by atoms with Crippen molar-refractivity contribution in [1.29, 1.82) is 0 Å². The van der Waals surface area contributed by atoms with Gasteiger partial charge in [0, 0.05) is 5.69 Å². The summed E-state index contributed by atoms with van der Waals surface area (Å²) in [5, 5.41) is 0. The summed E-state index contributed by atoms with van der Waals surface area (Å²) >= 11 is 0. The fourth-order valence-corrected chi connectivity index (χ4v) is 3.82. The Balaban J connectivity index is 2.07. The van der Waals surface area contributed by atoms with E-state index in [1.807, 2.05) is 13.8 Å². The lowest BCUT2D eigenvalue weighted by atomic mass is 10.0. The zero-order valence-corrected chi connectivity index (χ0v) is 15.8. The van der Waals surface area contributed by atoms with Crippen LogP contribution in [0.15, 0.2) is 36.5 Å². The molecule has 0 atom stereocenters. The van der Waals surface area contributed by atoms with Gasteiger partial charge < -0.3 is 4.90 Å². The van der Waals surface area contributed by atoms with Crippen molar-refractivity contribution in [1.82, 2.24) is 0 Å². The molecule has 2 aromatic carbocycles. The Kier molecular flexibility index (Phi) is 4.19. The predicted octanol–water partition coefficient (Wildman–Crippen LogP) is 4.90. The number of amides is 1. The molecular formula is C22H24N2O. The number of nitrogens with zero attached hydrogens (tertiary/aromatic N) is 2. The summed E-state index contributed by atoms with van der Waals surface area (Å²) in [7, 11) is 0. The number of hydrogen-bond donors (Lipinski definition) is 0. The van der Waals surface area contributed by atoms with Gasteiger partial charge in [0.1, 0.15) is 5.70 Å². The Bertz CT molecular complexity index is 775. The minimum Gasteiger partial charge on any atom is -0.305 e. The van der Waals surface area contributed by atoms with E-state index in [1.54, 1.807) is 9.80 Å². The van der Waals surface area contributed by atoms with E-state index in [0.717, 1.165) is 33.6 Å². The minimum absolute atomic E-state index is 0.130. The van der Waals surface area contributed by atoms with Crippen LogP contribution in [0.5, 0.6) is 0 Å². The van der Waals surface area contributed by atoms with Gasteiger partial charge >= 0.3 is 0 Å². The lowest BCUT2D eigenvalue weighted by Crippen LogP contribution is -2.24. The van der Waals surface area contributed by atoms with E-state index in [4.69, 9.17) is 0 Å². The predicted molar refractivity (Wildman–Crippen MR) is 104 cm³/mol. The molecule has 25 heavy (non-hydrogen) atoms. The molecule has 0 saturated carbocycles. The second-order valence-electron chi connectivity index (χ2n) is 7.02. The van der Waals surface area contributed by atoms with E-state index in [-0.39, 0.29) is 5.91 Å². The van der Waals surface area contributed by atoms with Crippen LogP contribution in [0.3, 0.4) is 0 Å². The number of anilines is 2. The highest BCUT2D eigenvalue weighted by Gasteiger charge is 2.37. The molecule has 1 fully saturated rings. The average molecular weight is 332 g/mol. The third-order valence-electron chi connectivity index (χ3n) is 4.64. The van der Waals surface area contributed by atoms with Crippen LogP contribution < -0.4 is 9.80 Å². The van der Waals surface area contributed by atoms with Gasteiger partial charge in [-0.2, -0.15) is 0 Å². The van der Waals surface area contributed by atoms with Crippen LogP contribution in [0.4, 0.5) is 11.4 Å². The molecule has 1 amide bonds. The van der Waals surface area contributed by atoms with Crippen molar-refractivity contribution in [3.8, 4) is 0 Å².